The monoisotopic (exact) mass is 290 g/mol. The van der Waals surface area contributed by atoms with Gasteiger partial charge in [-0.25, -0.2) is 0 Å². The lowest BCUT2D eigenvalue weighted by molar-refractivity contribution is -0.143. The van der Waals surface area contributed by atoms with Crippen LogP contribution in [0.2, 0.25) is 10.0 Å². The maximum Gasteiger partial charge on any atom is 0.324 e. The quantitative estimate of drug-likeness (QED) is 0.816. The van der Waals surface area contributed by atoms with E-state index in [9.17, 15) is 4.79 Å². The largest absolute Gasteiger partial charge is 0.468 e. The van der Waals surface area contributed by atoms with E-state index >= 15 is 0 Å². The second-order valence-corrected chi connectivity index (χ2v) is 4.71. The Kier molecular flexibility index (Phi) is 5.88. The van der Waals surface area contributed by atoms with Crippen LogP contribution in [0.15, 0.2) is 18.2 Å². The van der Waals surface area contributed by atoms with Crippen molar-refractivity contribution in [1.29, 1.82) is 0 Å². The minimum Gasteiger partial charge on any atom is -0.468 e. The van der Waals surface area contributed by atoms with Crippen LogP contribution in [-0.4, -0.2) is 25.7 Å². The van der Waals surface area contributed by atoms with E-state index in [1.807, 2.05) is 13.0 Å². The Bertz CT molecular complexity index is 427. The van der Waals surface area contributed by atoms with Gasteiger partial charge in [0.05, 0.1) is 7.11 Å². The summed E-state index contributed by atoms with van der Waals surface area (Å²) in [5.74, 6) is -0.394. The molecule has 2 unspecified atom stereocenters. The number of benzene rings is 1. The van der Waals surface area contributed by atoms with Gasteiger partial charge in [-0.05, 0) is 24.6 Å². The molecule has 0 saturated carbocycles. The standard InChI is InChI=1S/C12H16Cl2N2O2/c1-7(16-11(6-15)12(17)18-2)9-4-3-8(13)5-10(9)14/h3-5,7,11,16H,6,15H2,1-2H3. The van der Waals surface area contributed by atoms with Crippen LogP contribution in [0, 0.1) is 0 Å². The third-order valence-electron chi connectivity index (χ3n) is 2.60. The van der Waals surface area contributed by atoms with Crippen molar-refractivity contribution in [2.75, 3.05) is 13.7 Å². The van der Waals surface area contributed by atoms with Gasteiger partial charge in [0.2, 0.25) is 0 Å². The van der Waals surface area contributed by atoms with Crippen LogP contribution < -0.4 is 11.1 Å². The molecular formula is C12H16Cl2N2O2. The summed E-state index contributed by atoms with van der Waals surface area (Å²) >= 11 is 11.9. The summed E-state index contributed by atoms with van der Waals surface area (Å²) < 4.78 is 4.65. The lowest BCUT2D eigenvalue weighted by atomic mass is 10.1. The summed E-state index contributed by atoms with van der Waals surface area (Å²) in [5.41, 5.74) is 6.37. The van der Waals surface area contributed by atoms with Crippen molar-refractivity contribution in [3.63, 3.8) is 0 Å². The molecule has 0 aliphatic carbocycles. The van der Waals surface area contributed by atoms with Crippen LogP contribution in [0.4, 0.5) is 0 Å². The Morgan fingerprint density at radius 3 is 2.67 bits per heavy atom. The number of hydrogen-bond acceptors (Lipinski definition) is 4. The Hall–Kier alpha value is -0.810. The van der Waals surface area contributed by atoms with Gasteiger partial charge < -0.3 is 10.5 Å². The molecule has 0 aliphatic heterocycles. The maximum absolute atomic E-state index is 11.4. The molecule has 0 heterocycles. The molecule has 4 nitrogen and oxygen atoms in total. The predicted molar refractivity (Wildman–Crippen MR) is 72.9 cm³/mol. The number of nitrogens with one attached hydrogen (secondary N) is 1. The van der Waals surface area contributed by atoms with Gasteiger partial charge in [0.25, 0.3) is 0 Å². The van der Waals surface area contributed by atoms with Crippen LogP contribution in [0.25, 0.3) is 0 Å². The molecule has 0 fully saturated rings. The Morgan fingerprint density at radius 1 is 1.50 bits per heavy atom. The van der Waals surface area contributed by atoms with Gasteiger partial charge in [-0.15, -0.1) is 0 Å². The van der Waals surface area contributed by atoms with Crippen molar-refractivity contribution in [3.05, 3.63) is 33.8 Å². The zero-order chi connectivity index (χ0) is 13.7. The molecule has 0 amide bonds. The summed E-state index contributed by atoms with van der Waals surface area (Å²) in [5, 5.41) is 4.18. The fourth-order valence-electron chi connectivity index (χ4n) is 1.62. The molecular weight excluding hydrogens is 275 g/mol. The fourth-order valence-corrected chi connectivity index (χ4v) is 2.19. The van der Waals surface area contributed by atoms with Crippen molar-refractivity contribution >= 4 is 29.2 Å². The fraction of sp³-hybridized carbons (Fsp3) is 0.417. The van der Waals surface area contributed by atoms with E-state index < -0.39 is 12.0 Å². The predicted octanol–water partition coefficient (Wildman–Crippen LogP) is 2.14. The molecule has 0 radical (unpaired) electrons. The molecule has 6 heteroatoms. The van der Waals surface area contributed by atoms with E-state index in [0.29, 0.717) is 10.0 Å². The number of carbonyl (C=O) groups is 1. The van der Waals surface area contributed by atoms with Crippen LogP contribution >= 0.6 is 23.2 Å². The van der Waals surface area contributed by atoms with E-state index in [-0.39, 0.29) is 12.6 Å². The third kappa shape index (κ3) is 3.85. The number of esters is 1. The molecule has 0 spiro atoms. The molecule has 2 atom stereocenters. The first-order chi connectivity index (χ1) is 8.49. The molecule has 3 N–H and O–H groups in total. The topological polar surface area (TPSA) is 64.3 Å². The van der Waals surface area contributed by atoms with Crippen LogP contribution in [0.5, 0.6) is 0 Å². The smallest absolute Gasteiger partial charge is 0.324 e. The van der Waals surface area contributed by atoms with Crippen molar-refractivity contribution in [1.82, 2.24) is 5.32 Å². The number of methoxy groups -OCH3 is 1. The number of carbonyl (C=O) groups excluding carboxylic acids is 1. The number of ether oxygens (including phenoxy) is 1. The number of nitrogens with two attached hydrogens (primary N) is 1. The Morgan fingerprint density at radius 2 is 2.17 bits per heavy atom. The molecule has 0 aromatic heterocycles. The van der Waals surface area contributed by atoms with E-state index in [1.54, 1.807) is 12.1 Å². The summed E-state index contributed by atoms with van der Waals surface area (Å²) in [7, 11) is 1.33. The second-order valence-electron chi connectivity index (χ2n) is 3.87. The Balaban J connectivity index is 2.80. The number of halogens is 2. The summed E-state index contributed by atoms with van der Waals surface area (Å²) in [6.07, 6.45) is 0. The number of rotatable bonds is 5. The highest BCUT2D eigenvalue weighted by Crippen LogP contribution is 2.26. The highest BCUT2D eigenvalue weighted by Gasteiger charge is 2.21. The van der Waals surface area contributed by atoms with Crippen LogP contribution in [0.3, 0.4) is 0 Å². The van der Waals surface area contributed by atoms with Gasteiger partial charge in [0, 0.05) is 22.6 Å². The first-order valence-corrected chi connectivity index (χ1v) is 6.24. The molecule has 1 aromatic carbocycles. The normalized spacial score (nSPS) is 14.1. The van der Waals surface area contributed by atoms with E-state index in [0.717, 1.165) is 5.56 Å². The Labute approximate surface area is 116 Å². The van der Waals surface area contributed by atoms with E-state index in [1.165, 1.54) is 7.11 Å². The second kappa shape index (κ2) is 6.95. The maximum atomic E-state index is 11.4. The third-order valence-corrected chi connectivity index (χ3v) is 3.16. The summed E-state index contributed by atoms with van der Waals surface area (Å²) in [6.45, 7) is 2.04. The molecule has 1 aromatic rings. The van der Waals surface area contributed by atoms with Crippen molar-refractivity contribution in [2.45, 2.75) is 19.0 Å². The molecule has 18 heavy (non-hydrogen) atoms. The summed E-state index contributed by atoms with van der Waals surface area (Å²) in [6, 6.07) is 4.52. The number of hydrogen-bond donors (Lipinski definition) is 2. The first kappa shape index (κ1) is 15.2. The zero-order valence-electron chi connectivity index (χ0n) is 10.2. The van der Waals surface area contributed by atoms with Crippen molar-refractivity contribution < 1.29 is 9.53 Å². The van der Waals surface area contributed by atoms with Crippen LogP contribution in [-0.2, 0) is 9.53 Å². The minimum atomic E-state index is -0.559. The molecule has 0 aliphatic rings. The molecule has 0 bridgehead atoms. The van der Waals surface area contributed by atoms with E-state index in [4.69, 9.17) is 28.9 Å². The van der Waals surface area contributed by atoms with Crippen molar-refractivity contribution in [3.8, 4) is 0 Å². The summed E-state index contributed by atoms with van der Waals surface area (Å²) in [4.78, 5) is 11.4. The van der Waals surface area contributed by atoms with Gasteiger partial charge in [-0.1, -0.05) is 29.3 Å². The lowest BCUT2D eigenvalue weighted by Gasteiger charge is -2.21. The molecule has 100 valence electrons. The van der Waals surface area contributed by atoms with Gasteiger partial charge >= 0.3 is 5.97 Å². The van der Waals surface area contributed by atoms with Crippen LogP contribution in [0.1, 0.15) is 18.5 Å². The minimum absolute atomic E-state index is 0.137. The molecule has 0 saturated heterocycles. The zero-order valence-corrected chi connectivity index (χ0v) is 11.8. The van der Waals surface area contributed by atoms with Gasteiger partial charge in [0.1, 0.15) is 6.04 Å². The average molecular weight is 291 g/mol. The molecule has 1 rings (SSSR count). The van der Waals surface area contributed by atoms with Gasteiger partial charge in [-0.3, -0.25) is 10.1 Å². The average Bonchev–Trinajstić information content (AvgIpc) is 2.34. The first-order valence-electron chi connectivity index (χ1n) is 5.48. The lowest BCUT2D eigenvalue weighted by Crippen LogP contribution is -2.44. The highest BCUT2D eigenvalue weighted by atomic mass is 35.5. The van der Waals surface area contributed by atoms with Gasteiger partial charge in [0.15, 0.2) is 0 Å². The SMILES string of the molecule is COC(=O)C(CN)NC(C)c1ccc(Cl)cc1Cl. The van der Waals surface area contributed by atoms with Gasteiger partial charge in [-0.2, -0.15) is 0 Å². The van der Waals surface area contributed by atoms with E-state index in [2.05, 4.69) is 10.1 Å². The van der Waals surface area contributed by atoms with Crippen molar-refractivity contribution in [2.24, 2.45) is 5.73 Å². The highest BCUT2D eigenvalue weighted by molar-refractivity contribution is 6.35.